The lowest BCUT2D eigenvalue weighted by molar-refractivity contribution is -0.163. The molecule has 1 aliphatic heterocycles. The van der Waals surface area contributed by atoms with Gasteiger partial charge in [0.15, 0.2) is 14.6 Å². The molecule has 1 N–H and O–H groups in total. The monoisotopic (exact) mass is 272 g/mol. The number of ether oxygens (including phenoxy) is 1. The van der Waals surface area contributed by atoms with E-state index in [9.17, 15) is 5.11 Å². The van der Waals surface area contributed by atoms with Crippen molar-refractivity contribution in [2.45, 2.75) is 89.0 Å². The van der Waals surface area contributed by atoms with Crippen molar-refractivity contribution in [3.05, 3.63) is 0 Å². The van der Waals surface area contributed by atoms with E-state index in [1.54, 1.807) is 0 Å². The Kier molecular flexibility index (Phi) is 3.69. The van der Waals surface area contributed by atoms with Gasteiger partial charge in [0.1, 0.15) is 0 Å². The van der Waals surface area contributed by atoms with Gasteiger partial charge in [-0.3, -0.25) is 0 Å². The molecule has 3 nitrogen and oxygen atoms in total. The predicted octanol–water partition coefficient (Wildman–Crippen LogP) is 3.43. The van der Waals surface area contributed by atoms with Gasteiger partial charge in [-0.1, -0.05) is 20.8 Å². The number of rotatable bonds is 2. The molecule has 1 unspecified atom stereocenters. The maximum Gasteiger partial charge on any atom is 0.192 e. The Labute approximate surface area is 112 Å². The first-order valence-corrected chi connectivity index (χ1v) is 10.1. The molecule has 1 spiro atoms. The van der Waals surface area contributed by atoms with Gasteiger partial charge in [-0.05, 0) is 43.8 Å². The number of aliphatic hydroxyl groups excluding tert-OH is 1. The van der Waals surface area contributed by atoms with Crippen molar-refractivity contribution in [3.8, 4) is 0 Å². The number of aliphatic hydroxyl groups is 1. The van der Waals surface area contributed by atoms with Crippen molar-refractivity contribution in [2.24, 2.45) is 0 Å². The van der Waals surface area contributed by atoms with E-state index in [1.165, 1.54) is 0 Å². The fourth-order valence-corrected chi connectivity index (χ4v) is 4.28. The summed E-state index contributed by atoms with van der Waals surface area (Å²) in [5.74, 6) is 0. The van der Waals surface area contributed by atoms with Crippen LogP contribution in [0.25, 0.3) is 0 Å². The van der Waals surface area contributed by atoms with Gasteiger partial charge >= 0.3 is 0 Å². The molecule has 1 saturated heterocycles. The molecular formula is C14H28O3Si. The fraction of sp³-hybridized carbons (Fsp3) is 1.00. The first-order valence-electron chi connectivity index (χ1n) is 7.20. The van der Waals surface area contributed by atoms with E-state index in [1.807, 2.05) is 0 Å². The second-order valence-electron chi connectivity index (χ2n) is 7.43. The van der Waals surface area contributed by atoms with Crippen molar-refractivity contribution in [1.29, 1.82) is 0 Å². The lowest BCUT2D eigenvalue weighted by Gasteiger charge is -2.42. The molecule has 0 aromatic carbocycles. The molecule has 2 rings (SSSR count). The fourth-order valence-electron chi connectivity index (χ4n) is 2.89. The van der Waals surface area contributed by atoms with E-state index in [-0.39, 0.29) is 16.7 Å². The number of hydrogen-bond acceptors (Lipinski definition) is 3. The van der Waals surface area contributed by atoms with Crippen molar-refractivity contribution < 1.29 is 14.3 Å². The summed E-state index contributed by atoms with van der Waals surface area (Å²) in [6.45, 7) is 11.4. The van der Waals surface area contributed by atoms with E-state index in [4.69, 9.17) is 9.16 Å². The highest BCUT2D eigenvalue weighted by molar-refractivity contribution is 6.74. The van der Waals surface area contributed by atoms with Crippen LogP contribution in [0.3, 0.4) is 0 Å². The highest BCUT2D eigenvalue weighted by Crippen LogP contribution is 2.47. The molecule has 1 heterocycles. The van der Waals surface area contributed by atoms with Gasteiger partial charge in [0.05, 0.1) is 11.7 Å². The summed E-state index contributed by atoms with van der Waals surface area (Å²) in [4.78, 5) is 0. The Morgan fingerprint density at radius 2 is 1.89 bits per heavy atom. The van der Waals surface area contributed by atoms with Crippen molar-refractivity contribution >= 4 is 8.32 Å². The summed E-state index contributed by atoms with van der Waals surface area (Å²) in [6, 6.07) is 0. The molecule has 0 aromatic heterocycles. The summed E-state index contributed by atoms with van der Waals surface area (Å²) in [6.07, 6.45) is 4.61. The molecule has 4 heteroatoms. The lowest BCUT2D eigenvalue weighted by atomic mass is 9.96. The predicted molar refractivity (Wildman–Crippen MR) is 75.0 cm³/mol. The molecule has 2 aliphatic rings. The van der Waals surface area contributed by atoms with E-state index in [0.717, 1.165) is 32.1 Å². The Morgan fingerprint density at radius 3 is 2.39 bits per heavy atom. The zero-order valence-electron chi connectivity index (χ0n) is 12.5. The average Bonchev–Trinajstić information content (AvgIpc) is 2.74. The van der Waals surface area contributed by atoms with Crippen LogP contribution in [-0.4, -0.2) is 31.4 Å². The maximum absolute atomic E-state index is 9.66. The Morgan fingerprint density at radius 1 is 1.22 bits per heavy atom. The third kappa shape index (κ3) is 2.53. The van der Waals surface area contributed by atoms with Gasteiger partial charge in [0, 0.05) is 6.42 Å². The van der Waals surface area contributed by atoms with Crippen LogP contribution in [-0.2, 0) is 9.16 Å². The molecule has 0 radical (unpaired) electrons. The molecule has 0 amide bonds. The van der Waals surface area contributed by atoms with Crippen LogP contribution in [0.1, 0.15) is 52.9 Å². The third-order valence-electron chi connectivity index (χ3n) is 5.08. The zero-order valence-corrected chi connectivity index (χ0v) is 13.5. The molecule has 1 aliphatic carbocycles. The standard InChI is InChI=1S/C14H28O3Si/c1-13(2,3)18(4,5)17-11-7-6-9-14(11)10-8-12(15)16-14/h11-12,15H,6-10H2,1-5H3/t11-,12?,14-/m0/s1. The molecule has 0 aromatic rings. The smallest absolute Gasteiger partial charge is 0.192 e. The molecule has 0 bridgehead atoms. The molecule has 18 heavy (non-hydrogen) atoms. The first kappa shape index (κ1) is 14.5. The van der Waals surface area contributed by atoms with Gasteiger partial charge < -0.3 is 14.3 Å². The van der Waals surface area contributed by atoms with Crippen LogP contribution in [0.5, 0.6) is 0 Å². The zero-order chi connectivity index (χ0) is 13.6. The molecule has 3 atom stereocenters. The van der Waals surface area contributed by atoms with Gasteiger partial charge in [-0.2, -0.15) is 0 Å². The molecule has 106 valence electrons. The first-order chi connectivity index (χ1) is 8.16. The highest BCUT2D eigenvalue weighted by atomic mass is 28.4. The molecule has 2 fully saturated rings. The quantitative estimate of drug-likeness (QED) is 0.783. The molecular weight excluding hydrogens is 244 g/mol. The molecule has 1 saturated carbocycles. The van der Waals surface area contributed by atoms with Crippen LogP contribution < -0.4 is 0 Å². The second kappa shape index (κ2) is 4.58. The van der Waals surface area contributed by atoms with Crippen LogP contribution >= 0.6 is 0 Å². The van der Waals surface area contributed by atoms with E-state index >= 15 is 0 Å². The summed E-state index contributed by atoms with van der Waals surface area (Å²) in [5, 5.41) is 9.89. The topological polar surface area (TPSA) is 38.7 Å². The minimum Gasteiger partial charge on any atom is -0.411 e. The van der Waals surface area contributed by atoms with Crippen LogP contribution in [0.4, 0.5) is 0 Å². The summed E-state index contributed by atoms with van der Waals surface area (Å²) in [5.41, 5.74) is -0.186. The van der Waals surface area contributed by atoms with Gasteiger partial charge in [-0.15, -0.1) is 0 Å². The number of hydrogen-bond donors (Lipinski definition) is 1. The second-order valence-corrected chi connectivity index (χ2v) is 12.2. The Hall–Kier alpha value is 0.0969. The SMILES string of the molecule is CC(C)(C)[Si](C)(C)O[C@H]1CCC[C@]12CCC(O)O2. The van der Waals surface area contributed by atoms with Crippen LogP contribution in [0, 0.1) is 0 Å². The largest absolute Gasteiger partial charge is 0.411 e. The Balaban J connectivity index is 2.09. The minimum atomic E-state index is -1.75. The van der Waals surface area contributed by atoms with Crippen molar-refractivity contribution in [1.82, 2.24) is 0 Å². The van der Waals surface area contributed by atoms with Crippen LogP contribution in [0.15, 0.2) is 0 Å². The average molecular weight is 272 g/mol. The third-order valence-corrected chi connectivity index (χ3v) is 9.57. The van der Waals surface area contributed by atoms with E-state index in [0.29, 0.717) is 0 Å². The normalized spacial score (nSPS) is 37.7. The minimum absolute atomic E-state index is 0.186. The summed E-state index contributed by atoms with van der Waals surface area (Å²) in [7, 11) is -1.75. The van der Waals surface area contributed by atoms with Gasteiger partial charge in [0.25, 0.3) is 0 Å². The lowest BCUT2D eigenvalue weighted by Crippen LogP contribution is -2.50. The van der Waals surface area contributed by atoms with Gasteiger partial charge in [0.2, 0.25) is 0 Å². The Bertz CT molecular complexity index is 311. The van der Waals surface area contributed by atoms with E-state index in [2.05, 4.69) is 33.9 Å². The van der Waals surface area contributed by atoms with Crippen molar-refractivity contribution in [3.63, 3.8) is 0 Å². The van der Waals surface area contributed by atoms with E-state index < -0.39 is 14.6 Å². The van der Waals surface area contributed by atoms with Crippen LogP contribution in [0.2, 0.25) is 18.1 Å². The van der Waals surface area contributed by atoms with Gasteiger partial charge in [-0.25, -0.2) is 0 Å². The highest BCUT2D eigenvalue weighted by Gasteiger charge is 2.52. The summed E-state index contributed by atoms with van der Waals surface area (Å²) >= 11 is 0. The van der Waals surface area contributed by atoms with Crippen molar-refractivity contribution in [2.75, 3.05) is 0 Å². The summed E-state index contributed by atoms with van der Waals surface area (Å²) < 4.78 is 12.4. The maximum atomic E-state index is 9.66.